The van der Waals surface area contributed by atoms with Crippen molar-refractivity contribution in [3.8, 4) is 0 Å². The second-order valence-electron chi connectivity index (χ2n) is 4.43. The standard InChI is InChI=1S/C12H18N2OS/c1-14-6-2-4-10(9-14)13-12(15)8-11-5-3-7-16-11/h3,5,7,10H,2,4,6,8-9H2,1H3,(H,13,15). The molecule has 0 bridgehead atoms. The van der Waals surface area contributed by atoms with Crippen molar-refractivity contribution in [2.45, 2.75) is 25.3 Å². The van der Waals surface area contributed by atoms with E-state index in [1.54, 1.807) is 11.3 Å². The van der Waals surface area contributed by atoms with Crippen LogP contribution in [0.1, 0.15) is 17.7 Å². The molecule has 1 saturated heterocycles. The monoisotopic (exact) mass is 238 g/mol. The molecule has 0 aliphatic carbocycles. The SMILES string of the molecule is CN1CCCC(NC(=O)Cc2cccs2)C1. The molecular weight excluding hydrogens is 220 g/mol. The fourth-order valence-corrected chi connectivity index (χ4v) is 2.84. The Kier molecular flexibility index (Phi) is 3.96. The Morgan fingerprint density at radius 3 is 3.25 bits per heavy atom. The zero-order chi connectivity index (χ0) is 11.4. The maximum absolute atomic E-state index is 11.8. The van der Waals surface area contributed by atoms with E-state index in [-0.39, 0.29) is 5.91 Å². The number of thiophene rings is 1. The van der Waals surface area contributed by atoms with Gasteiger partial charge in [0, 0.05) is 17.5 Å². The Morgan fingerprint density at radius 1 is 1.69 bits per heavy atom. The smallest absolute Gasteiger partial charge is 0.225 e. The minimum atomic E-state index is 0.155. The molecule has 1 fully saturated rings. The molecule has 0 aromatic carbocycles. The highest BCUT2D eigenvalue weighted by Crippen LogP contribution is 2.11. The molecule has 1 aromatic heterocycles. The molecule has 88 valence electrons. The molecule has 0 saturated carbocycles. The van der Waals surface area contributed by atoms with Gasteiger partial charge in [-0.05, 0) is 37.9 Å². The molecule has 0 spiro atoms. The summed E-state index contributed by atoms with van der Waals surface area (Å²) in [5.74, 6) is 0.155. The number of nitrogens with one attached hydrogen (secondary N) is 1. The van der Waals surface area contributed by atoms with Crippen molar-refractivity contribution < 1.29 is 4.79 Å². The van der Waals surface area contributed by atoms with Gasteiger partial charge in [0.1, 0.15) is 0 Å². The molecule has 1 unspecified atom stereocenters. The number of piperidine rings is 1. The van der Waals surface area contributed by atoms with Crippen LogP contribution in [-0.2, 0) is 11.2 Å². The van der Waals surface area contributed by atoms with Crippen LogP contribution in [0.2, 0.25) is 0 Å². The number of hydrogen-bond donors (Lipinski definition) is 1. The lowest BCUT2D eigenvalue weighted by atomic mass is 10.1. The lowest BCUT2D eigenvalue weighted by Gasteiger charge is -2.30. The molecule has 1 aliphatic rings. The van der Waals surface area contributed by atoms with Gasteiger partial charge in [-0.3, -0.25) is 4.79 Å². The van der Waals surface area contributed by atoms with E-state index in [1.165, 1.54) is 6.42 Å². The molecule has 2 rings (SSSR count). The predicted molar refractivity (Wildman–Crippen MR) is 66.7 cm³/mol. The summed E-state index contributed by atoms with van der Waals surface area (Å²) in [5.41, 5.74) is 0. The van der Waals surface area contributed by atoms with Crippen molar-refractivity contribution >= 4 is 17.2 Å². The first-order chi connectivity index (χ1) is 7.74. The Labute approximate surface area is 100 Å². The average Bonchev–Trinajstić information content (AvgIpc) is 2.70. The van der Waals surface area contributed by atoms with Crippen LogP contribution in [0.3, 0.4) is 0 Å². The summed E-state index contributed by atoms with van der Waals surface area (Å²) < 4.78 is 0. The molecule has 0 radical (unpaired) electrons. The number of nitrogens with zero attached hydrogens (tertiary/aromatic N) is 1. The van der Waals surface area contributed by atoms with Gasteiger partial charge in [0.15, 0.2) is 0 Å². The molecule has 2 heterocycles. The van der Waals surface area contributed by atoms with Gasteiger partial charge < -0.3 is 10.2 Å². The summed E-state index contributed by atoms with van der Waals surface area (Å²) in [6, 6.07) is 4.34. The third kappa shape index (κ3) is 3.32. The summed E-state index contributed by atoms with van der Waals surface area (Å²) in [6.45, 7) is 2.13. The molecule has 3 nitrogen and oxygen atoms in total. The normalized spacial score (nSPS) is 21.9. The first-order valence-electron chi connectivity index (χ1n) is 5.74. The topological polar surface area (TPSA) is 32.3 Å². The van der Waals surface area contributed by atoms with E-state index in [0.717, 1.165) is 24.4 Å². The summed E-state index contributed by atoms with van der Waals surface area (Å²) in [5, 5.41) is 5.12. The van der Waals surface area contributed by atoms with E-state index in [9.17, 15) is 4.79 Å². The van der Waals surface area contributed by atoms with Gasteiger partial charge in [0.25, 0.3) is 0 Å². The van der Waals surface area contributed by atoms with Crippen LogP contribution in [0.5, 0.6) is 0 Å². The minimum absolute atomic E-state index is 0.155. The third-order valence-electron chi connectivity index (χ3n) is 2.90. The van der Waals surface area contributed by atoms with Gasteiger partial charge in [0.2, 0.25) is 5.91 Å². The molecule has 4 heteroatoms. The molecule has 1 amide bonds. The van der Waals surface area contributed by atoms with Crippen molar-refractivity contribution in [1.82, 2.24) is 10.2 Å². The first-order valence-corrected chi connectivity index (χ1v) is 6.62. The van der Waals surface area contributed by atoms with Gasteiger partial charge in [-0.25, -0.2) is 0 Å². The number of rotatable bonds is 3. The first kappa shape index (κ1) is 11.6. The Hall–Kier alpha value is -0.870. The number of likely N-dealkylation sites (N-methyl/N-ethyl adjacent to an activating group) is 1. The van der Waals surface area contributed by atoms with Gasteiger partial charge in [-0.15, -0.1) is 11.3 Å². The van der Waals surface area contributed by atoms with Gasteiger partial charge >= 0.3 is 0 Å². The zero-order valence-corrected chi connectivity index (χ0v) is 10.4. The van der Waals surface area contributed by atoms with Crippen LogP contribution in [0.4, 0.5) is 0 Å². The van der Waals surface area contributed by atoms with Crippen LogP contribution < -0.4 is 5.32 Å². The Balaban J connectivity index is 1.78. The van der Waals surface area contributed by atoms with Crippen molar-refractivity contribution in [2.75, 3.05) is 20.1 Å². The van der Waals surface area contributed by atoms with E-state index >= 15 is 0 Å². The molecule has 1 aliphatic heterocycles. The second kappa shape index (κ2) is 5.46. The number of likely N-dealkylation sites (tertiary alicyclic amines) is 1. The fourth-order valence-electron chi connectivity index (χ4n) is 2.13. The predicted octanol–water partition coefficient (Wildman–Crippen LogP) is 1.50. The van der Waals surface area contributed by atoms with E-state index in [1.807, 2.05) is 17.5 Å². The molecule has 1 aromatic rings. The minimum Gasteiger partial charge on any atom is -0.352 e. The van der Waals surface area contributed by atoms with Gasteiger partial charge in [-0.2, -0.15) is 0 Å². The molecular formula is C12H18N2OS. The van der Waals surface area contributed by atoms with E-state index in [2.05, 4.69) is 17.3 Å². The number of carbonyl (C=O) groups is 1. The number of carbonyl (C=O) groups excluding carboxylic acids is 1. The van der Waals surface area contributed by atoms with Crippen molar-refractivity contribution in [2.24, 2.45) is 0 Å². The average molecular weight is 238 g/mol. The van der Waals surface area contributed by atoms with Crippen molar-refractivity contribution in [1.29, 1.82) is 0 Å². The van der Waals surface area contributed by atoms with E-state index in [0.29, 0.717) is 12.5 Å². The summed E-state index contributed by atoms with van der Waals surface area (Å²) >= 11 is 1.64. The summed E-state index contributed by atoms with van der Waals surface area (Å²) in [7, 11) is 2.11. The van der Waals surface area contributed by atoms with Crippen LogP contribution in [0.15, 0.2) is 17.5 Å². The molecule has 1 N–H and O–H groups in total. The third-order valence-corrected chi connectivity index (χ3v) is 3.78. The number of hydrogen-bond acceptors (Lipinski definition) is 3. The van der Waals surface area contributed by atoms with Gasteiger partial charge in [-0.1, -0.05) is 6.07 Å². The van der Waals surface area contributed by atoms with Crippen LogP contribution in [0.25, 0.3) is 0 Å². The highest BCUT2D eigenvalue weighted by atomic mass is 32.1. The van der Waals surface area contributed by atoms with E-state index in [4.69, 9.17) is 0 Å². The fraction of sp³-hybridized carbons (Fsp3) is 0.583. The largest absolute Gasteiger partial charge is 0.352 e. The van der Waals surface area contributed by atoms with Crippen LogP contribution >= 0.6 is 11.3 Å². The van der Waals surface area contributed by atoms with Crippen LogP contribution in [0, 0.1) is 0 Å². The second-order valence-corrected chi connectivity index (χ2v) is 5.46. The van der Waals surface area contributed by atoms with Crippen LogP contribution in [-0.4, -0.2) is 37.0 Å². The Bertz CT molecular complexity index is 337. The summed E-state index contributed by atoms with van der Waals surface area (Å²) in [6.07, 6.45) is 2.82. The molecule has 1 atom stereocenters. The van der Waals surface area contributed by atoms with Crippen molar-refractivity contribution in [3.05, 3.63) is 22.4 Å². The maximum Gasteiger partial charge on any atom is 0.225 e. The van der Waals surface area contributed by atoms with Crippen molar-refractivity contribution in [3.63, 3.8) is 0 Å². The molecule has 16 heavy (non-hydrogen) atoms. The lowest BCUT2D eigenvalue weighted by molar-refractivity contribution is -0.121. The summed E-state index contributed by atoms with van der Waals surface area (Å²) in [4.78, 5) is 15.2. The lowest BCUT2D eigenvalue weighted by Crippen LogP contribution is -2.46. The maximum atomic E-state index is 11.8. The highest BCUT2D eigenvalue weighted by Gasteiger charge is 2.18. The van der Waals surface area contributed by atoms with E-state index < -0.39 is 0 Å². The quantitative estimate of drug-likeness (QED) is 0.865. The van der Waals surface area contributed by atoms with Gasteiger partial charge in [0.05, 0.1) is 6.42 Å². The zero-order valence-electron chi connectivity index (χ0n) is 9.61. The highest BCUT2D eigenvalue weighted by molar-refractivity contribution is 7.10. The number of amides is 1. The Morgan fingerprint density at radius 2 is 2.56 bits per heavy atom.